The van der Waals surface area contributed by atoms with Gasteiger partial charge in [0.25, 0.3) is 0 Å². The number of hydrogen-bond donors (Lipinski definition) is 1. The van der Waals surface area contributed by atoms with Crippen molar-refractivity contribution in [2.24, 2.45) is 5.92 Å². The lowest BCUT2D eigenvalue weighted by Crippen LogP contribution is -2.31. The van der Waals surface area contributed by atoms with Gasteiger partial charge in [-0.25, -0.2) is 0 Å². The molecule has 0 saturated heterocycles. The molecule has 1 aliphatic carbocycles. The maximum Gasteiger partial charge on any atom is 0.0232 e. The van der Waals surface area contributed by atoms with E-state index in [4.69, 9.17) is 0 Å². The highest BCUT2D eigenvalue weighted by molar-refractivity contribution is 14.1. The van der Waals surface area contributed by atoms with E-state index in [0.29, 0.717) is 17.9 Å². The number of rotatable bonds is 1. The van der Waals surface area contributed by atoms with E-state index in [0.717, 1.165) is 5.92 Å². The SMILES string of the molecule is CC1CC(C)c2ccccc2C(C)C(NI)C1. The molecule has 4 unspecified atom stereocenters. The van der Waals surface area contributed by atoms with E-state index in [1.165, 1.54) is 12.8 Å². The van der Waals surface area contributed by atoms with Crippen molar-refractivity contribution in [2.75, 3.05) is 0 Å². The summed E-state index contributed by atoms with van der Waals surface area (Å²) in [6, 6.07) is 9.59. The zero-order valence-electron chi connectivity index (χ0n) is 10.9. The molecule has 0 aromatic heterocycles. The predicted octanol–water partition coefficient (Wildman–Crippen LogP) is 4.63. The Hall–Kier alpha value is -0.0900. The molecular weight excluding hydrogens is 321 g/mol. The molecule has 2 heteroatoms. The van der Waals surface area contributed by atoms with Crippen LogP contribution in [-0.2, 0) is 0 Å². The molecule has 1 N–H and O–H groups in total. The van der Waals surface area contributed by atoms with Crippen LogP contribution in [-0.4, -0.2) is 6.04 Å². The van der Waals surface area contributed by atoms with Crippen LogP contribution in [0.1, 0.15) is 56.6 Å². The van der Waals surface area contributed by atoms with E-state index in [9.17, 15) is 0 Å². The molecule has 4 atom stereocenters. The number of hydrogen-bond acceptors (Lipinski definition) is 1. The van der Waals surface area contributed by atoms with Crippen molar-refractivity contribution >= 4 is 22.9 Å². The summed E-state index contributed by atoms with van der Waals surface area (Å²) in [6.45, 7) is 7.12. The van der Waals surface area contributed by atoms with Crippen molar-refractivity contribution in [1.82, 2.24) is 3.53 Å². The Labute approximate surface area is 119 Å². The Balaban J connectivity index is 2.41. The van der Waals surface area contributed by atoms with Crippen molar-refractivity contribution in [3.63, 3.8) is 0 Å². The molecule has 1 aliphatic rings. The van der Waals surface area contributed by atoms with Crippen LogP contribution in [0.2, 0.25) is 0 Å². The summed E-state index contributed by atoms with van der Waals surface area (Å²) in [7, 11) is 0. The van der Waals surface area contributed by atoms with E-state index in [1.807, 2.05) is 0 Å². The normalized spacial score (nSPS) is 33.6. The second-order valence-electron chi connectivity index (χ2n) is 5.61. The van der Waals surface area contributed by atoms with E-state index < -0.39 is 0 Å². The van der Waals surface area contributed by atoms with Gasteiger partial charge in [-0.3, -0.25) is 3.53 Å². The lowest BCUT2D eigenvalue weighted by atomic mass is 9.76. The molecular formula is C15H22IN. The fourth-order valence-corrected chi connectivity index (χ4v) is 3.99. The third-order valence-electron chi connectivity index (χ3n) is 4.17. The molecule has 1 aromatic rings. The fourth-order valence-electron chi connectivity index (χ4n) is 3.19. The molecule has 1 nitrogen and oxygen atoms in total. The van der Waals surface area contributed by atoms with E-state index in [-0.39, 0.29) is 0 Å². The van der Waals surface area contributed by atoms with Gasteiger partial charge >= 0.3 is 0 Å². The first-order valence-corrected chi connectivity index (χ1v) is 7.66. The third kappa shape index (κ3) is 2.84. The molecule has 94 valence electrons. The summed E-state index contributed by atoms with van der Waals surface area (Å²) in [4.78, 5) is 0. The zero-order chi connectivity index (χ0) is 12.4. The molecule has 0 amide bonds. The minimum absolute atomic E-state index is 0.597. The van der Waals surface area contributed by atoms with Gasteiger partial charge in [-0.05, 0) is 41.7 Å². The average Bonchev–Trinajstić information content (AvgIpc) is 2.34. The smallest absolute Gasteiger partial charge is 0.0232 e. The molecule has 0 spiro atoms. The van der Waals surface area contributed by atoms with Gasteiger partial charge in [-0.2, -0.15) is 0 Å². The first kappa shape index (κ1) is 13.3. The average molecular weight is 343 g/mol. The molecule has 17 heavy (non-hydrogen) atoms. The van der Waals surface area contributed by atoms with E-state index in [2.05, 4.69) is 71.4 Å². The first-order chi connectivity index (χ1) is 8.13. The second kappa shape index (κ2) is 5.70. The van der Waals surface area contributed by atoms with Crippen LogP contribution in [0.25, 0.3) is 0 Å². The highest BCUT2D eigenvalue weighted by Crippen LogP contribution is 2.37. The minimum Gasteiger partial charge on any atom is -0.257 e. The summed E-state index contributed by atoms with van der Waals surface area (Å²) in [6.07, 6.45) is 2.58. The van der Waals surface area contributed by atoms with Crippen molar-refractivity contribution in [3.05, 3.63) is 35.4 Å². The summed E-state index contributed by atoms with van der Waals surface area (Å²) in [5.74, 6) is 2.10. The summed E-state index contributed by atoms with van der Waals surface area (Å²) >= 11 is 2.32. The van der Waals surface area contributed by atoms with Crippen LogP contribution in [0.5, 0.6) is 0 Å². The lowest BCUT2D eigenvalue weighted by Gasteiger charge is -2.33. The van der Waals surface area contributed by atoms with Crippen molar-refractivity contribution < 1.29 is 0 Å². The monoisotopic (exact) mass is 343 g/mol. The molecule has 0 bridgehead atoms. The molecule has 2 rings (SSSR count). The van der Waals surface area contributed by atoms with Crippen LogP contribution in [0.4, 0.5) is 0 Å². The van der Waals surface area contributed by atoms with Gasteiger partial charge in [0.1, 0.15) is 0 Å². The van der Waals surface area contributed by atoms with Gasteiger partial charge in [-0.15, -0.1) is 0 Å². The number of halogens is 1. The fraction of sp³-hybridized carbons (Fsp3) is 0.600. The van der Waals surface area contributed by atoms with Crippen LogP contribution in [0.3, 0.4) is 0 Å². The number of nitrogens with one attached hydrogen (secondary N) is 1. The lowest BCUT2D eigenvalue weighted by molar-refractivity contribution is 0.363. The van der Waals surface area contributed by atoms with Crippen molar-refractivity contribution in [1.29, 1.82) is 0 Å². The van der Waals surface area contributed by atoms with E-state index >= 15 is 0 Å². The second-order valence-corrected chi connectivity index (χ2v) is 6.23. The van der Waals surface area contributed by atoms with Crippen LogP contribution < -0.4 is 3.53 Å². The summed E-state index contributed by atoms with van der Waals surface area (Å²) in [5, 5.41) is 0. The summed E-state index contributed by atoms with van der Waals surface area (Å²) in [5.41, 5.74) is 3.10. The van der Waals surface area contributed by atoms with E-state index in [1.54, 1.807) is 11.1 Å². The van der Waals surface area contributed by atoms with Gasteiger partial charge in [0.2, 0.25) is 0 Å². The topological polar surface area (TPSA) is 12.0 Å². The molecule has 0 saturated carbocycles. The van der Waals surface area contributed by atoms with Gasteiger partial charge in [0, 0.05) is 28.9 Å². The Morgan fingerprint density at radius 1 is 1.06 bits per heavy atom. The molecule has 0 heterocycles. The van der Waals surface area contributed by atoms with Gasteiger partial charge in [-0.1, -0.05) is 45.0 Å². The first-order valence-electron chi connectivity index (χ1n) is 6.58. The zero-order valence-corrected chi connectivity index (χ0v) is 13.1. The minimum atomic E-state index is 0.597. The third-order valence-corrected chi connectivity index (χ3v) is 4.97. The predicted molar refractivity (Wildman–Crippen MR) is 82.6 cm³/mol. The highest BCUT2D eigenvalue weighted by atomic mass is 127. The Morgan fingerprint density at radius 2 is 1.71 bits per heavy atom. The van der Waals surface area contributed by atoms with Crippen LogP contribution in [0, 0.1) is 5.92 Å². The van der Waals surface area contributed by atoms with Gasteiger partial charge in [0.05, 0.1) is 0 Å². The Kier molecular flexibility index (Phi) is 4.47. The molecule has 1 aromatic carbocycles. The van der Waals surface area contributed by atoms with Gasteiger partial charge in [0.15, 0.2) is 0 Å². The molecule has 0 fully saturated rings. The van der Waals surface area contributed by atoms with Crippen LogP contribution in [0.15, 0.2) is 24.3 Å². The van der Waals surface area contributed by atoms with Crippen molar-refractivity contribution in [3.8, 4) is 0 Å². The maximum atomic E-state index is 3.48. The molecule has 0 aliphatic heterocycles. The standard InChI is InChI=1S/C15H22IN/c1-10-8-11(2)13-6-4-5-7-14(13)12(3)15(9-10)17-16/h4-7,10-12,15,17H,8-9H2,1-3H3. The Bertz CT molecular complexity index is 377. The molecule has 0 radical (unpaired) electrons. The van der Waals surface area contributed by atoms with Crippen molar-refractivity contribution in [2.45, 2.75) is 51.5 Å². The maximum absolute atomic E-state index is 3.48. The summed E-state index contributed by atoms with van der Waals surface area (Å²) < 4.78 is 3.48. The van der Waals surface area contributed by atoms with Gasteiger partial charge < -0.3 is 0 Å². The number of fused-ring (bicyclic) bond motifs is 1. The largest absolute Gasteiger partial charge is 0.257 e. The quantitative estimate of drug-likeness (QED) is 0.579. The Morgan fingerprint density at radius 3 is 2.35 bits per heavy atom. The highest BCUT2D eigenvalue weighted by Gasteiger charge is 2.27. The number of benzene rings is 1. The van der Waals surface area contributed by atoms with Crippen LogP contribution >= 0.6 is 22.9 Å².